The Balaban J connectivity index is 1.72. The van der Waals surface area contributed by atoms with Gasteiger partial charge in [0.25, 0.3) is 0 Å². The molecule has 5 heteroatoms. The maximum Gasteiger partial charge on any atom is 0.107 e. The smallest absolute Gasteiger partial charge is 0.107 e. The fraction of sp³-hybridized carbons (Fsp3) is 0.857. The molecule has 1 aliphatic heterocycles. The van der Waals surface area contributed by atoms with E-state index in [0.29, 0.717) is 52.4 Å². The third-order valence-electron chi connectivity index (χ3n) is 2.80. The van der Waals surface area contributed by atoms with Crippen LogP contribution in [0.4, 0.5) is 0 Å². The average molecular weight is 271 g/mol. The van der Waals surface area contributed by atoms with Gasteiger partial charge in [-0.05, 0) is 25.9 Å². The maximum atomic E-state index is 5.71. The topological polar surface area (TPSA) is 49.0 Å². The van der Waals surface area contributed by atoms with Crippen molar-refractivity contribution in [3.05, 3.63) is 0 Å². The molecular formula is C14H25NO4. The molecule has 0 aromatic heterocycles. The largest absolute Gasteiger partial charge is 0.377 e. The van der Waals surface area contributed by atoms with E-state index in [1.165, 1.54) is 0 Å². The van der Waals surface area contributed by atoms with E-state index in [0.717, 1.165) is 25.9 Å². The SMILES string of the molecule is C#CCOCCOCCOCCOC1CCNCC1. The van der Waals surface area contributed by atoms with Crippen LogP contribution in [-0.2, 0) is 18.9 Å². The minimum atomic E-state index is 0.341. The highest BCUT2D eigenvalue weighted by Crippen LogP contribution is 2.06. The molecule has 19 heavy (non-hydrogen) atoms. The number of nitrogens with one attached hydrogen (secondary N) is 1. The molecule has 110 valence electrons. The fourth-order valence-electron chi connectivity index (χ4n) is 1.81. The molecule has 0 aliphatic carbocycles. The van der Waals surface area contributed by atoms with Crippen molar-refractivity contribution in [2.24, 2.45) is 0 Å². The second-order valence-corrected chi connectivity index (χ2v) is 4.30. The average Bonchev–Trinajstić information content (AvgIpc) is 2.46. The van der Waals surface area contributed by atoms with Gasteiger partial charge in [-0.3, -0.25) is 0 Å². The van der Waals surface area contributed by atoms with Crippen LogP contribution in [-0.4, -0.2) is 65.4 Å². The van der Waals surface area contributed by atoms with Crippen LogP contribution in [0.5, 0.6) is 0 Å². The number of piperidine rings is 1. The number of terminal acetylenes is 1. The summed E-state index contributed by atoms with van der Waals surface area (Å²) in [6.45, 7) is 5.99. The van der Waals surface area contributed by atoms with Gasteiger partial charge in [0.2, 0.25) is 0 Å². The molecule has 1 N–H and O–H groups in total. The van der Waals surface area contributed by atoms with Gasteiger partial charge in [-0.25, -0.2) is 0 Å². The Labute approximate surface area is 115 Å². The second-order valence-electron chi connectivity index (χ2n) is 4.30. The molecule has 0 aromatic rings. The molecule has 0 aromatic carbocycles. The summed E-state index contributed by atoms with van der Waals surface area (Å²) in [6.07, 6.45) is 7.63. The van der Waals surface area contributed by atoms with E-state index >= 15 is 0 Å². The summed E-state index contributed by atoms with van der Waals surface area (Å²) >= 11 is 0. The van der Waals surface area contributed by atoms with Gasteiger partial charge in [0.05, 0.1) is 45.7 Å². The predicted octanol–water partition coefficient (Wildman–Crippen LogP) is 0.438. The van der Waals surface area contributed by atoms with E-state index in [9.17, 15) is 0 Å². The van der Waals surface area contributed by atoms with Gasteiger partial charge in [-0.15, -0.1) is 6.42 Å². The summed E-state index contributed by atoms with van der Waals surface area (Å²) in [5.74, 6) is 2.40. The lowest BCUT2D eigenvalue weighted by molar-refractivity contribution is -0.0241. The Morgan fingerprint density at radius 2 is 1.47 bits per heavy atom. The van der Waals surface area contributed by atoms with Gasteiger partial charge in [-0.2, -0.15) is 0 Å². The van der Waals surface area contributed by atoms with Crippen molar-refractivity contribution >= 4 is 0 Å². The maximum absolute atomic E-state index is 5.71. The van der Waals surface area contributed by atoms with Crippen molar-refractivity contribution in [3.63, 3.8) is 0 Å². The first kappa shape index (κ1) is 16.4. The third kappa shape index (κ3) is 9.88. The fourth-order valence-corrected chi connectivity index (χ4v) is 1.81. The Morgan fingerprint density at radius 3 is 2.11 bits per heavy atom. The normalized spacial score (nSPS) is 16.4. The first-order chi connectivity index (χ1) is 9.43. The monoisotopic (exact) mass is 271 g/mol. The van der Waals surface area contributed by atoms with E-state index in [-0.39, 0.29) is 0 Å². The molecule has 0 saturated carbocycles. The minimum Gasteiger partial charge on any atom is -0.377 e. The summed E-state index contributed by atoms with van der Waals surface area (Å²) in [6, 6.07) is 0. The van der Waals surface area contributed by atoms with Crippen LogP contribution >= 0.6 is 0 Å². The van der Waals surface area contributed by atoms with Crippen LogP contribution in [0.1, 0.15) is 12.8 Å². The first-order valence-corrected chi connectivity index (χ1v) is 6.92. The number of hydrogen-bond acceptors (Lipinski definition) is 5. The van der Waals surface area contributed by atoms with Gasteiger partial charge >= 0.3 is 0 Å². The van der Waals surface area contributed by atoms with Crippen molar-refractivity contribution in [2.45, 2.75) is 18.9 Å². The van der Waals surface area contributed by atoms with Crippen molar-refractivity contribution in [3.8, 4) is 12.3 Å². The molecule has 5 nitrogen and oxygen atoms in total. The van der Waals surface area contributed by atoms with Crippen molar-refractivity contribution in [2.75, 3.05) is 59.3 Å². The summed E-state index contributed by atoms with van der Waals surface area (Å²) in [5, 5.41) is 3.31. The summed E-state index contributed by atoms with van der Waals surface area (Å²) < 4.78 is 21.5. The molecule has 0 spiro atoms. The predicted molar refractivity (Wildman–Crippen MR) is 73.1 cm³/mol. The highest BCUT2D eigenvalue weighted by Gasteiger charge is 2.12. The van der Waals surface area contributed by atoms with E-state index in [4.69, 9.17) is 25.4 Å². The summed E-state index contributed by atoms with van der Waals surface area (Å²) in [7, 11) is 0. The zero-order valence-electron chi connectivity index (χ0n) is 11.6. The third-order valence-corrected chi connectivity index (χ3v) is 2.80. The first-order valence-electron chi connectivity index (χ1n) is 6.92. The Bertz CT molecular complexity index is 236. The Morgan fingerprint density at radius 1 is 0.895 bits per heavy atom. The number of rotatable bonds is 11. The molecule has 0 amide bonds. The molecule has 0 unspecified atom stereocenters. The lowest BCUT2D eigenvalue weighted by Crippen LogP contribution is -2.33. The van der Waals surface area contributed by atoms with Crippen LogP contribution in [0.15, 0.2) is 0 Å². The van der Waals surface area contributed by atoms with E-state index < -0.39 is 0 Å². The molecular weight excluding hydrogens is 246 g/mol. The van der Waals surface area contributed by atoms with Crippen molar-refractivity contribution in [1.29, 1.82) is 0 Å². The van der Waals surface area contributed by atoms with E-state index in [1.807, 2.05) is 0 Å². The highest BCUT2D eigenvalue weighted by molar-refractivity contribution is 4.82. The quantitative estimate of drug-likeness (QED) is 0.436. The van der Waals surface area contributed by atoms with Crippen molar-refractivity contribution in [1.82, 2.24) is 5.32 Å². The van der Waals surface area contributed by atoms with E-state index in [1.54, 1.807) is 0 Å². The van der Waals surface area contributed by atoms with Crippen LogP contribution in [0.3, 0.4) is 0 Å². The number of ether oxygens (including phenoxy) is 4. The van der Waals surface area contributed by atoms with Crippen LogP contribution in [0.25, 0.3) is 0 Å². The summed E-state index contributed by atoms with van der Waals surface area (Å²) in [5.41, 5.74) is 0. The molecule has 1 rings (SSSR count). The molecule has 1 fully saturated rings. The van der Waals surface area contributed by atoms with Crippen LogP contribution in [0.2, 0.25) is 0 Å². The lowest BCUT2D eigenvalue weighted by atomic mass is 10.1. The Hall–Kier alpha value is -0.640. The molecule has 1 saturated heterocycles. The number of hydrogen-bond donors (Lipinski definition) is 1. The van der Waals surface area contributed by atoms with Gasteiger partial charge in [0, 0.05) is 0 Å². The standard InChI is InChI=1S/C14H25NO4/c1-2-7-16-8-9-17-10-11-18-12-13-19-14-3-5-15-6-4-14/h1,14-15H,3-13H2. The van der Waals surface area contributed by atoms with Gasteiger partial charge in [-0.1, -0.05) is 5.92 Å². The van der Waals surface area contributed by atoms with Gasteiger partial charge < -0.3 is 24.3 Å². The van der Waals surface area contributed by atoms with Crippen molar-refractivity contribution < 1.29 is 18.9 Å². The zero-order chi connectivity index (χ0) is 13.6. The van der Waals surface area contributed by atoms with E-state index in [2.05, 4.69) is 11.2 Å². The molecule has 0 radical (unpaired) electrons. The van der Waals surface area contributed by atoms with Crippen LogP contribution < -0.4 is 5.32 Å². The lowest BCUT2D eigenvalue weighted by Gasteiger charge is -2.22. The zero-order valence-corrected chi connectivity index (χ0v) is 11.6. The minimum absolute atomic E-state index is 0.341. The van der Waals surface area contributed by atoms with Gasteiger partial charge in [0.1, 0.15) is 6.61 Å². The second kappa shape index (κ2) is 12.4. The molecule has 1 heterocycles. The highest BCUT2D eigenvalue weighted by atomic mass is 16.6. The molecule has 0 bridgehead atoms. The van der Waals surface area contributed by atoms with Gasteiger partial charge in [0.15, 0.2) is 0 Å². The summed E-state index contributed by atoms with van der Waals surface area (Å²) in [4.78, 5) is 0. The molecule has 1 aliphatic rings. The molecule has 0 atom stereocenters. The Kier molecular flexibility index (Phi) is 10.7. The van der Waals surface area contributed by atoms with Crippen LogP contribution in [0, 0.1) is 12.3 Å².